The van der Waals surface area contributed by atoms with Gasteiger partial charge < -0.3 is 4.74 Å². The van der Waals surface area contributed by atoms with Gasteiger partial charge in [-0.15, -0.1) is 18.5 Å². The van der Waals surface area contributed by atoms with Crippen molar-refractivity contribution >= 4 is 65.9 Å². The van der Waals surface area contributed by atoms with Gasteiger partial charge in [0.2, 0.25) is 0 Å². The van der Waals surface area contributed by atoms with Crippen LogP contribution in [0.4, 0.5) is 0 Å². The average molecular weight is 572 g/mol. The molecule has 3 heterocycles. The van der Waals surface area contributed by atoms with Crippen LogP contribution in [0.5, 0.6) is 0 Å². The first-order valence-electron chi connectivity index (χ1n) is 8.58. The predicted molar refractivity (Wildman–Crippen MR) is 140 cm³/mol. The second-order valence-electron chi connectivity index (χ2n) is 4.51. The van der Waals surface area contributed by atoms with E-state index in [1.807, 2.05) is 53.6 Å². The molecular formula is C22H29Br2LiOS3. The van der Waals surface area contributed by atoms with E-state index in [0.717, 1.165) is 25.0 Å². The first kappa shape index (κ1) is 33.7. The third-order valence-electron chi connectivity index (χ3n) is 2.34. The van der Waals surface area contributed by atoms with Gasteiger partial charge >= 0.3 is 18.9 Å². The number of allylic oxidation sites excluding steroid dienone is 2. The van der Waals surface area contributed by atoms with Gasteiger partial charge in [0.05, 0.1) is 0 Å². The van der Waals surface area contributed by atoms with Gasteiger partial charge in [0, 0.05) is 28.4 Å². The summed E-state index contributed by atoms with van der Waals surface area (Å²) in [5.41, 5.74) is 1.37. The minimum Gasteiger partial charge on any atom is -0.382 e. The zero-order chi connectivity index (χ0) is 21.3. The van der Waals surface area contributed by atoms with E-state index in [2.05, 4.69) is 67.9 Å². The zero-order valence-corrected chi connectivity index (χ0v) is 23.1. The quantitative estimate of drug-likeness (QED) is 0.154. The largest absolute Gasteiger partial charge is 1.00 e. The predicted octanol–water partition coefficient (Wildman–Crippen LogP) is 6.15. The Bertz CT molecular complexity index is 593. The van der Waals surface area contributed by atoms with E-state index < -0.39 is 0 Å². The van der Waals surface area contributed by atoms with Crippen molar-refractivity contribution in [1.29, 1.82) is 0 Å². The Morgan fingerprint density at radius 2 is 1.62 bits per heavy atom. The molecule has 0 aliphatic heterocycles. The van der Waals surface area contributed by atoms with Gasteiger partial charge in [0.15, 0.2) is 0 Å². The van der Waals surface area contributed by atoms with E-state index in [0.29, 0.717) is 0 Å². The molecular weight excluding hydrogens is 543 g/mol. The fourth-order valence-electron chi connectivity index (χ4n) is 1.22. The van der Waals surface area contributed by atoms with Gasteiger partial charge in [-0.05, 0) is 70.0 Å². The van der Waals surface area contributed by atoms with Crippen molar-refractivity contribution in [2.45, 2.75) is 20.3 Å². The van der Waals surface area contributed by atoms with Crippen LogP contribution in [0.1, 0.15) is 19.4 Å². The van der Waals surface area contributed by atoms with E-state index in [-0.39, 0.29) is 18.9 Å². The van der Waals surface area contributed by atoms with Crippen LogP contribution >= 0.6 is 65.9 Å². The molecule has 1 nitrogen and oxygen atoms in total. The van der Waals surface area contributed by atoms with Crippen LogP contribution in [0.15, 0.2) is 80.3 Å². The summed E-state index contributed by atoms with van der Waals surface area (Å²) < 4.78 is 6.01. The number of thiophene rings is 3. The molecule has 0 fully saturated rings. The van der Waals surface area contributed by atoms with E-state index in [1.165, 1.54) is 10.0 Å². The van der Waals surface area contributed by atoms with Crippen molar-refractivity contribution in [1.82, 2.24) is 0 Å². The van der Waals surface area contributed by atoms with E-state index in [4.69, 9.17) is 4.74 Å². The standard InChI is InChI=1S/C7H8S.C4H3BrS.C4H10O.C4H3S.C3H5Br.Li/c1-2-3-7-4-5-8-6-7;5-4-1-2-6-3-4;1-3-5-4-2;1-2-4-5-3-1;1-2-3-4;/h2,4-6H,1,3H2;1-3H;3-4H2,1-2H3;1,3-4H;2H,1,3H2;/q;;;-1;;+1. The van der Waals surface area contributed by atoms with Gasteiger partial charge in [-0.3, -0.25) is 11.3 Å². The fourth-order valence-corrected chi connectivity index (χ4v) is 3.44. The molecule has 29 heavy (non-hydrogen) atoms. The minimum absolute atomic E-state index is 0. The summed E-state index contributed by atoms with van der Waals surface area (Å²) in [6.45, 7) is 12.7. The molecule has 0 spiro atoms. The molecule has 0 N–H and O–H groups in total. The number of hydrogen-bond acceptors (Lipinski definition) is 4. The van der Waals surface area contributed by atoms with E-state index in [1.54, 1.807) is 40.1 Å². The van der Waals surface area contributed by atoms with E-state index >= 15 is 0 Å². The summed E-state index contributed by atoms with van der Waals surface area (Å²) in [7, 11) is 0. The molecule has 3 aromatic rings. The van der Waals surface area contributed by atoms with Crippen molar-refractivity contribution in [3.8, 4) is 0 Å². The summed E-state index contributed by atoms with van der Waals surface area (Å²) in [6, 6.07) is 8.91. The normalized spacial score (nSPS) is 8.00. The monoisotopic (exact) mass is 570 g/mol. The number of rotatable bonds is 5. The maximum atomic E-state index is 4.83. The number of hydrogen-bond donors (Lipinski definition) is 0. The second-order valence-corrected chi connectivity index (χ2v) is 8.42. The molecule has 0 amide bonds. The molecule has 3 aromatic heterocycles. The number of alkyl halides is 1. The van der Waals surface area contributed by atoms with Gasteiger partial charge in [-0.1, -0.05) is 28.1 Å². The van der Waals surface area contributed by atoms with Crippen LogP contribution in [-0.2, 0) is 11.2 Å². The Kier molecular flexibility index (Phi) is 35.2. The summed E-state index contributed by atoms with van der Waals surface area (Å²) in [6.07, 6.45) is 4.71. The molecule has 0 radical (unpaired) electrons. The van der Waals surface area contributed by atoms with Crippen molar-refractivity contribution in [3.63, 3.8) is 0 Å². The Morgan fingerprint density at radius 3 is 1.83 bits per heavy atom. The topological polar surface area (TPSA) is 9.23 Å². The van der Waals surface area contributed by atoms with Crippen LogP contribution < -0.4 is 18.9 Å². The fraction of sp³-hybridized carbons (Fsp3) is 0.273. The van der Waals surface area contributed by atoms with Crippen molar-refractivity contribution < 1.29 is 23.6 Å². The summed E-state index contributed by atoms with van der Waals surface area (Å²) in [5, 5.41) is 13.1. The number of ether oxygens (including phenoxy) is 1. The first-order chi connectivity index (χ1) is 13.7. The van der Waals surface area contributed by atoms with Crippen LogP contribution in [-0.4, -0.2) is 18.5 Å². The zero-order valence-electron chi connectivity index (χ0n) is 17.5. The molecule has 0 bridgehead atoms. The van der Waals surface area contributed by atoms with Crippen LogP contribution in [0.2, 0.25) is 0 Å². The second kappa shape index (κ2) is 30.3. The van der Waals surface area contributed by atoms with E-state index in [9.17, 15) is 0 Å². The molecule has 0 unspecified atom stereocenters. The van der Waals surface area contributed by atoms with Crippen molar-refractivity contribution in [2.24, 2.45) is 0 Å². The Morgan fingerprint density at radius 1 is 1.00 bits per heavy atom. The maximum absolute atomic E-state index is 4.83. The molecule has 156 valence electrons. The molecule has 0 aromatic carbocycles. The van der Waals surface area contributed by atoms with Gasteiger partial charge in [-0.25, -0.2) is 12.1 Å². The van der Waals surface area contributed by atoms with Crippen molar-refractivity contribution in [2.75, 3.05) is 18.5 Å². The summed E-state index contributed by atoms with van der Waals surface area (Å²) in [5.74, 6) is 0. The maximum Gasteiger partial charge on any atom is 1.00 e. The van der Waals surface area contributed by atoms with Gasteiger partial charge in [0.25, 0.3) is 0 Å². The first-order valence-corrected chi connectivity index (χ1v) is 13.3. The SMILES string of the molecule is Brc1ccsc1.C=CCBr.C=CCc1ccsc1.CCOCC.[Li+].[c-]1ccsc1. The van der Waals surface area contributed by atoms with Crippen LogP contribution in [0.25, 0.3) is 0 Å². The summed E-state index contributed by atoms with van der Waals surface area (Å²) >= 11 is 11.5. The number of halogens is 2. The molecule has 0 saturated heterocycles. The van der Waals surface area contributed by atoms with Gasteiger partial charge in [-0.2, -0.15) is 28.1 Å². The molecule has 7 heteroatoms. The molecule has 3 rings (SSSR count). The van der Waals surface area contributed by atoms with Crippen LogP contribution in [0, 0.1) is 6.07 Å². The molecule has 0 aliphatic carbocycles. The smallest absolute Gasteiger partial charge is 0.382 e. The minimum atomic E-state index is 0. The molecule has 0 aliphatic rings. The van der Waals surface area contributed by atoms with Crippen LogP contribution in [0.3, 0.4) is 0 Å². The van der Waals surface area contributed by atoms with Crippen molar-refractivity contribution in [3.05, 3.63) is 91.9 Å². The Hall–Kier alpha value is 0.0974. The molecule has 0 saturated carbocycles. The Balaban J connectivity index is -0.000000296. The average Bonchev–Trinajstić information content (AvgIpc) is 3.49. The third kappa shape index (κ3) is 30.4. The van der Waals surface area contributed by atoms with Gasteiger partial charge in [0.1, 0.15) is 0 Å². The Labute approximate surface area is 218 Å². The third-order valence-corrected chi connectivity index (χ3v) is 5.58. The molecule has 0 atom stereocenters. The summed E-state index contributed by atoms with van der Waals surface area (Å²) in [4.78, 5) is 0.